The molecule has 6 heteroatoms. The number of hydrogen-bond donors (Lipinski definition) is 1. The van der Waals surface area contributed by atoms with Crippen LogP contribution in [0, 0.1) is 13.8 Å². The number of aryl methyl sites for hydroxylation is 2. The number of nitrogens with one attached hydrogen (secondary N) is 1. The Morgan fingerprint density at radius 3 is 2.83 bits per heavy atom. The Balaban J connectivity index is 2.03. The lowest BCUT2D eigenvalue weighted by Crippen LogP contribution is -2.20. The van der Waals surface area contributed by atoms with E-state index in [-0.39, 0.29) is 12.5 Å². The predicted molar refractivity (Wildman–Crippen MR) is 72.3 cm³/mol. The van der Waals surface area contributed by atoms with Gasteiger partial charge in [-0.1, -0.05) is 21.1 Å². The van der Waals surface area contributed by atoms with Crippen molar-refractivity contribution in [3.05, 3.63) is 40.1 Å². The van der Waals surface area contributed by atoms with E-state index >= 15 is 0 Å². The highest BCUT2D eigenvalue weighted by Gasteiger charge is 2.07. The molecule has 94 valence electrons. The fourth-order valence-corrected chi connectivity index (χ4v) is 1.77. The summed E-state index contributed by atoms with van der Waals surface area (Å²) in [5.74, 6) is -0.120. The van der Waals surface area contributed by atoms with E-state index in [2.05, 4.69) is 31.6 Å². The number of carbonyl (C=O) groups is 1. The molecule has 0 spiro atoms. The zero-order chi connectivity index (χ0) is 13.1. The fourth-order valence-electron chi connectivity index (χ4n) is 1.52. The Morgan fingerprint density at radius 2 is 2.22 bits per heavy atom. The molecule has 0 saturated carbocycles. The first kappa shape index (κ1) is 12.8. The molecule has 0 aliphatic rings. The third kappa shape index (κ3) is 2.95. The Kier molecular flexibility index (Phi) is 3.76. The van der Waals surface area contributed by atoms with E-state index < -0.39 is 0 Å². The van der Waals surface area contributed by atoms with Gasteiger partial charge in [-0.15, -0.1) is 5.10 Å². The van der Waals surface area contributed by atoms with Gasteiger partial charge in [-0.25, -0.2) is 4.68 Å². The SMILES string of the molecule is Cc1cc(NC(=O)Cn2nncc2C)ccc1Br. The highest BCUT2D eigenvalue weighted by Crippen LogP contribution is 2.19. The lowest BCUT2D eigenvalue weighted by Gasteiger charge is -2.07. The minimum atomic E-state index is -0.120. The number of aromatic nitrogens is 3. The molecule has 0 saturated heterocycles. The van der Waals surface area contributed by atoms with E-state index in [4.69, 9.17) is 0 Å². The average molecular weight is 309 g/mol. The number of amides is 1. The van der Waals surface area contributed by atoms with E-state index in [1.165, 1.54) is 0 Å². The summed E-state index contributed by atoms with van der Waals surface area (Å²) in [6.45, 7) is 4.00. The summed E-state index contributed by atoms with van der Waals surface area (Å²) in [5, 5.41) is 10.4. The van der Waals surface area contributed by atoms with Gasteiger partial charge in [0.15, 0.2) is 0 Å². The average Bonchev–Trinajstić information content (AvgIpc) is 2.70. The first-order valence-corrected chi connectivity index (χ1v) is 6.26. The van der Waals surface area contributed by atoms with Crippen molar-refractivity contribution in [2.45, 2.75) is 20.4 Å². The maximum atomic E-state index is 11.8. The molecule has 2 aromatic rings. The second kappa shape index (κ2) is 5.30. The lowest BCUT2D eigenvalue weighted by atomic mass is 10.2. The van der Waals surface area contributed by atoms with E-state index in [9.17, 15) is 4.79 Å². The smallest absolute Gasteiger partial charge is 0.246 e. The molecule has 18 heavy (non-hydrogen) atoms. The highest BCUT2D eigenvalue weighted by atomic mass is 79.9. The van der Waals surface area contributed by atoms with Gasteiger partial charge >= 0.3 is 0 Å². The predicted octanol–water partition coefficient (Wildman–Crippen LogP) is 2.30. The van der Waals surface area contributed by atoms with Crippen molar-refractivity contribution in [2.24, 2.45) is 0 Å². The normalized spacial score (nSPS) is 10.4. The van der Waals surface area contributed by atoms with Crippen molar-refractivity contribution in [1.82, 2.24) is 15.0 Å². The first-order valence-electron chi connectivity index (χ1n) is 5.47. The Hall–Kier alpha value is -1.69. The van der Waals surface area contributed by atoms with Crippen LogP contribution in [0.3, 0.4) is 0 Å². The summed E-state index contributed by atoms with van der Waals surface area (Å²) in [6, 6.07) is 5.67. The summed E-state index contributed by atoms with van der Waals surface area (Å²) >= 11 is 3.42. The molecule has 0 radical (unpaired) electrons. The molecule has 0 bridgehead atoms. The van der Waals surface area contributed by atoms with Crippen LogP contribution in [0.15, 0.2) is 28.9 Å². The van der Waals surface area contributed by atoms with Crippen LogP contribution in [-0.4, -0.2) is 20.9 Å². The van der Waals surface area contributed by atoms with Crippen LogP contribution in [0.5, 0.6) is 0 Å². The molecule has 0 aliphatic carbocycles. The Bertz CT molecular complexity index is 579. The molecule has 0 fully saturated rings. The van der Waals surface area contributed by atoms with Crippen LogP contribution in [0.4, 0.5) is 5.69 Å². The number of halogens is 1. The first-order chi connectivity index (χ1) is 8.56. The van der Waals surface area contributed by atoms with Crippen molar-refractivity contribution in [3.63, 3.8) is 0 Å². The van der Waals surface area contributed by atoms with Gasteiger partial charge in [-0.05, 0) is 37.6 Å². The van der Waals surface area contributed by atoms with Gasteiger partial charge in [-0.2, -0.15) is 0 Å². The highest BCUT2D eigenvalue weighted by molar-refractivity contribution is 9.10. The quantitative estimate of drug-likeness (QED) is 0.946. The van der Waals surface area contributed by atoms with Crippen LogP contribution in [0.25, 0.3) is 0 Å². The number of anilines is 1. The van der Waals surface area contributed by atoms with E-state index in [0.717, 1.165) is 21.4 Å². The summed E-state index contributed by atoms with van der Waals surface area (Å²) in [6.07, 6.45) is 1.62. The molecule has 1 heterocycles. The molecular weight excluding hydrogens is 296 g/mol. The zero-order valence-electron chi connectivity index (χ0n) is 10.1. The molecule has 0 atom stereocenters. The fraction of sp³-hybridized carbons (Fsp3) is 0.250. The third-order valence-electron chi connectivity index (χ3n) is 2.55. The van der Waals surface area contributed by atoms with Crippen LogP contribution in [0.2, 0.25) is 0 Å². The molecular formula is C12H13BrN4O. The molecule has 5 nitrogen and oxygen atoms in total. The van der Waals surface area contributed by atoms with Crippen LogP contribution in [-0.2, 0) is 11.3 Å². The van der Waals surface area contributed by atoms with Crippen molar-refractivity contribution in [3.8, 4) is 0 Å². The molecule has 0 aliphatic heterocycles. The maximum Gasteiger partial charge on any atom is 0.246 e. The topological polar surface area (TPSA) is 59.8 Å². The van der Waals surface area contributed by atoms with Gasteiger partial charge in [0.25, 0.3) is 0 Å². The molecule has 1 aromatic heterocycles. The Labute approximate surface area is 113 Å². The maximum absolute atomic E-state index is 11.8. The molecule has 1 N–H and O–H groups in total. The number of benzene rings is 1. The molecule has 0 unspecified atom stereocenters. The minimum absolute atomic E-state index is 0.120. The number of nitrogens with zero attached hydrogens (tertiary/aromatic N) is 3. The van der Waals surface area contributed by atoms with Crippen LogP contribution in [0.1, 0.15) is 11.3 Å². The third-order valence-corrected chi connectivity index (χ3v) is 3.44. The van der Waals surface area contributed by atoms with Crippen LogP contribution < -0.4 is 5.32 Å². The number of carbonyl (C=O) groups excluding carboxylic acids is 1. The summed E-state index contributed by atoms with van der Waals surface area (Å²) in [4.78, 5) is 11.8. The van der Waals surface area contributed by atoms with E-state index in [1.807, 2.05) is 32.0 Å². The summed E-state index contributed by atoms with van der Waals surface area (Å²) in [7, 11) is 0. The van der Waals surface area contributed by atoms with E-state index in [0.29, 0.717) is 0 Å². The van der Waals surface area contributed by atoms with Crippen molar-refractivity contribution in [2.75, 3.05) is 5.32 Å². The number of hydrogen-bond acceptors (Lipinski definition) is 3. The second-order valence-electron chi connectivity index (χ2n) is 4.05. The summed E-state index contributed by atoms with van der Waals surface area (Å²) < 4.78 is 2.58. The standard InChI is InChI=1S/C12H13BrN4O/c1-8-5-10(3-4-11(8)13)15-12(18)7-17-9(2)6-14-16-17/h3-6H,7H2,1-2H3,(H,15,18). The number of rotatable bonds is 3. The van der Waals surface area contributed by atoms with Gasteiger partial charge < -0.3 is 5.32 Å². The van der Waals surface area contributed by atoms with Crippen molar-refractivity contribution >= 4 is 27.5 Å². The largest absolute Gasteiger partial charge is 0.324 e. The monoisotopic (exact) mass is 308 g/mol. The van der Waals surface area contributed by atoms with Crippen molar-refractivity contribution < 1.29 is 4.79 Å². The van der Waals surface area contributed by atoms with Gasteiger partial charge in [-0.3, -0.25) is 4.79 Å². The molecule has 2 rings (SSSR count). The Morgan fingerprint density at radius 1 is 1.44 bits per heavy atom. The van der Waals surface area contributed by atoms with Gasteiger partial charge in [0, 0.05) is 10.2 Å². The second-order valence-corrected chi connectivity index (χ2v) is 4.90. The van der Waals surface area contributed by atoms with Gasteiger partial charge in [0.1, 0.15) is 6.54 Å². The lowest BCUT2D eigenvalue weighted by molar-refractivity contribution is -0.117. The van der Waals surface area contributed by atoms with Gasteiger partial charge in [0.2, 0.25) is 5.91 Å². The van der Waals surface area contributed by atoms with Crippen molar-refractivity contribution in [1.29, 1.82) is 0 Å². The van der Waals surface area contributed by atoms with E-state index in [1.54, 1.807) is 10.9 Å². The molecule has 1 amide bonds. The summed E-state index contributed by atoms with van der Waals surface area (Å²) in [5.41, 5.74) is 2.71. The zero-order valence-corrected chi connectivity index (χ0v) is 11.7. The molecule has 1 aromatic carbocycles. The minimum Gasteiger partial charge on any atom is -0.324 e. The van der Waals surface area contributed by atoms with Crippen LogP contribution >= 0.6 is 15.9 Å². The van der Waals surface area contributed by atoms with Gasteiger partial charge in [0.05, 0.1) is 11.9 Å².